The minimum absolute atomic E-state index is 0.0292. The molecule has 0 bridgehead atoms. The van der Waals surface area contributed by atoms with Gasteiger partial charge in [-0.3, -0.25) is 9.59 Å². The maximum Gasteiger partial charge on any atom is 0.408 e. The molecule has 34 heavy (non-hydrogen) atoms. The van der Waals surface area contributed by atoms with Gasteiger partial charge in [0.25, 0.3) is 0 Å². The number of carbonyl (C=O) groups excluding carboxylic acids is 3. The second-order valence-corrected chi connectivity index (χ2v) is 10.2. The third-order valence-corrected chi connectivity index (χ3v) is 5.98. The maximum atomic E-state index is 13.8. The zero-order valence-corrected chi connectivity index (χ0v) is 22.9. The summed E-state index contributed by atoms with van der Waals surface area (Å²) >= 11 is 4.33. The lowest BCUT2D eigenvalue weighted by molar-refractivity contribution is -0.144. The average Bonchev–Trinajstić information content (AvgIpc) is 2.74. The molecule has 2 N–H and O–H groups in total. The molecule has 1 aromatic carbocycles. The van der Waals surface area contributed by atoms with E-state index in [1.807, 2.05) is 52.0 Å². The molecule has 3 amide bonds. The predicted molar refractivity (Wildman–Crippen MR) is 140 cm³/mol. The zero-order chi connectivity index (χ0) is 26.1. The highest BCUT2D eigenvalue weighted by molar-refractivity contribution is 7.80. The van der Waals surface area contributed by atoms with Crippen molar-refractivity contribution in [2.45, 2.75) is 104 Å². The predicted octanol–water partition coefficient (Wildman–Crippen LogP) is 4.79. The summed E-state index contributed by atoms with van der Waals surface area (Å²) in [6.45, 7) is 15.1. The van der Waals surface area contributed by atoms with Gasteiger partial charge in [0.15, 0.2) is 0 Å². The van der Waals surface area contributed by atoms with Crippen LogP contribution in [-0.4, -0.2) is 52.3 Å². The molecular formula is C26H43N3O4S. The van der Waals surface area contributed by atoms with Crippen LogP contribution in [0.3, 0.4) is 0 Å². The van der Waals surface area contributed by atoms with E-state index in [1.165, 1.54) is 0 Å². The van der Waals surface area contributed by atoms with Gasteiger partial charge >= 0.3 is 6.09 Å². The molecule has 0 saturated heterocycles. The highest BCUT2D eigenvalue weighted by Gasteiger charge is 2.38. The normalized spacial score (nSPS) is 15.0. The van der Waals surface area contributed by atoms with Crippen LogP contribution in [0.5, 0.6) is 0 Å². The first-order valence-corrected chi connectivity index (χ1v) is 12.8. The highest BCUT2D eigenvalue weighted by atomic mass is 32.1. The number of aryl methyl sites for hydroxylation is 1. The second-order valence-electron chi connectivity index (χ2n) is 9.84. The Balaban J connectivity index is 3.44. The number of nitrogens with zero attached hydrogens (tertiary/aromatic N) is 1. The fourth-order valence-corrected chi connectivity index (χ4v) is 4.00. The fourth-order valence-electron chi connectivity index (χ4n) is 3.75. The van der Waals surface area contributed by atoms with Crippen molar-refractivity contribution in [3.05, 3.63) is 35.4 Å². The molecule has 0 aliphatic carbocycles. The molecule has 7 nitrogen and oxygen atoms in total. The van der Waals surface area contributed by atoms with Gasteiger partial charge in [0.2, 0.25) is 11.8 Å². The Labute approximate surface area is 210 Å². The van der Waals surface area contributed by atoms with Crippen molar-refractivity contribution in [3.8, 4) is 0 Å². The molecule has 1 aromatic rings. The highest BCUT2D eigenvalue weighted by Crippen LogP contribution is 2.29. The number of carbonyl (C=O) groups is 3. The fraction of sp³-hybridized carbons (Fsp3) is 0.654. The lowest BCUT2D eigenvalue weighted by atomic mass is 9.96. The summed E-state index contributed by atoms with van der Waals surface area (Å²) in [7, 11) is 0. The van der Waals surface area contributed by atoms with Crippen LogP contribution in [0.4, 0.5) is 4.79 Å². The number of rotatable bonds is 11. The third-order valence-electron chi connectivity index (χ3n) is 5.61. The third kappa shape index (κ3) is 8.85. The van der Waals surface area contributed by atoms with Crippen LogP contribution < -0.4 is 10.6 Å². The first-order valence-electron chi connectivity index (χ1n) is 12.1. The Morgan fingerprint density at radius 2 is 1.71 bits per heavy atom. The van der Waals surface area contributed by atoms with Crippen LogP contribution in [-0.2, 0) is 14.3 Å². The van der Waals surface area contributed by atoms with Gasteiger partial charge in [-0.05, 0) is 65.5 Å². The van der Waals surface area contributed by atoms with Crippen molar-refractivity contribution in [1.29, 1.82) is 0 Å². The van der Waals surface area contributed by atoms with Crippen molar-refractivity contribution >= 4 is 30.5 Å². The van der Waals surface area contributed by atoms with Gasteiger partial charge < -0.3 is 20.3 Å². The van der Waals surface area contributed by atoms with Gasteiger partial charge in [-0.2, -0.15) is 12.6 Å². The lowest BCUT2D eigenvalue weighted by Crippen LogP contribution is -2.56. The van der Waals surface area contributed by atoms with Crippen LogP contribution in [0.2, 0.25) is 0 Å². The minimum Gasteiger partial charge on any atom is -0.444 e. The van der Waals surface area contributed by atoms with E-state index in [1.54, 1.807) is 25.7 Å². The number of amides is 3. The van der Waals surface area contributed by atoms with Crippen LogP contribution in [0.15, 0.2) is 24.3 Å². The SMILES string of the molecule is CCCC(C)NC(=O)C(c1ccccc1C)N(C(=O)C(CS)NC(=O)OC(C)(C)C)C(C)CC. The molecule has 0 saturated carbocycles. The zero-order valence-electron chi connectivity index (χ0n) is 22.0. The van der Waals surface area contributed by atoms with Crippen LogP contribution in [0, 0.1) is 6.92 Å². The van der Waals surface area contributed by atoms with Crippen molar-refractivity contribution < 1.29 is 19.1 Å². The molecule has 192 valence electrons. The van der Waals surface area contributed by atoms with E-state index >= 15 is 0 Å². The quantitative estimate of drug-likeness (QED) is 0.387. The smallest absolute Gasteiger partial charge is 0.408 e. The van der Waals surface area contributed by atoms with Crippen LogP contribution >= 0.6 is 12.6 Å². The molecule has 0 aliphatic heterocycles. The van der Waals surface area contributed by atoms with E-state index in [4.69, 9.17) is 4.74 Å². The summed E-state index contributed by atoms with van der Waals surface area (Å²) in [6.07, 6.45) is 1.71. The summed E-state index contributed by atoms with van der Waals surface area (Å²) in [4.78, 5) is 41.5. The molecule has 4 unspecified atom stereocenters. The van der Waals surface area contributed by atoms with E-state index in [-0.39, 0.29) is 29.7 Å². The Morgan fingerprint density at radius 1 is 1.09 bits per heavy atom. The topological polar surface area (TPSA) is 87.7 Å². The lowest BCUT2D eigenvalue weighted by Gasteiger charge is -2.39. The molecule has 4 atom stereocenters. The molecule has 0 radical (unpaired) electrons. The molecule has 1 rings (SSSR count). The van der Waals surface area contributed by atoms with Crippen molar-refractivity contribution in [1.82, 2.24) is 15.5 Å². The molecule has 8 heteroatoms. The molecule has 0 fully saturated rings. The summed E-state index contributed by atoms with van der Waals surface area (Å²) in [5, 5.41) is 5.73. The van der Waals surface area contributed by atoms with Gasteiger partial charge in [0.1, 0.15) is 17.7 Å². The molecule has 0 heterocycles. The average molecular weight is 494 g/mol. The van der Waals surface area contributed by atoms with Gasteiger partial charge in [-0.25, -0.2) is 4.79 Å². The van der Waals surface area contributed by atoms with E-state index in [9.17, 15) is 14.4 Å². The Morgan fingerprint density at radius 3 is 2.21 bits per heavy atom. The second kappa shape index (κ2) is 13.6. The monoisotopic (exact) mass is 493 g/mol. The Hall–Kier alpha value is -2.22. The maximum absolute atomic E-state index is 13.8. The van der Waals surface area contributed by atoms with Gasteiger partial charge in [-0.1, -0.05) is 44.5 Å². The van der Waals surface area contributed by atoms with Gasteiger partial charge in [0, 0.05) is 17.8 Å². The Bertz CT molecular complexity index is 825. The standard InChI is InChI=1S/C26H43N3O4S/c1-9-13-18(4)27-23(30)22(20-15-12-11-14-17(20)3)29(19(5)10-2)24(31)21(16-34)28-25(32)33-26(6,7)8/h11-12,14-15,18-19,21-22,34H,9-10,13,16H2,1-8H3,(H,27,30)(H,28,32). The van der Waals surface area contributed by atoms with E-state index in [0.29, 0.717) is 6.42 Å². The number of hydrogen-bond acceptors (Lipinski definition) is 5. The van der Waals surface area contributed by atoms with Crippen LogP contribution in [0.1, 0.15) is 84.9 Å². The number of alkyl carbamates (subject to hydrolysis) is 1. The summed E-state index contributed by atoms with van der Waals surface area (Å²) in [5.74, 6) is -0.542. The number of ether oxygens (including phenoxy) is 1. The largest absolute Gasteiger partial charge is 0.444 e. The molecule has 0 aromatic heterocycles. The van der Waals surface area contributed by atoms with Gasteiger partial charge in [0.05, 0.1) is 0 Å². The first-order chi connectivity index (χ1) is 15.9. The van der Waals surface area contributed by atoms with Gasteiger partial charge in [-0.15, -0.1) is 0 Å². The minimum atomic E-state index is -0.945. The van der Waals surface area contributed by atoms with Crippen molar-refractivity contribution in [2.75, 3.05) is 5.75 Å². The van der Waals surface area contributed by atoms with E-state index < -0.39 is 23.8 Å². The number of thiol groups is 1. The van der Waals surface area contributed by atoms with E-state index in [2.05, 4.69) is 30.2 Å². The van der Waals surface area contributed by atoms with E-state index in [0.717, 1.165) is 24.0 Å². The summed E-state index contributed by atoms with van der Waals surface area (Å²) < 4.78 is 5.34. The number of nitrogens with one attached hydrogen (secondary N) is 2. The first kappa shape index (κ1) is 29.8. The summed E-state index contributed by atoms with van der Waals surface area (Å²) in [5.41, 5.74) is 0.964. The summed E-state index contributed by atoms with van der Waals surface area (Å²) in [6, 6.07) is 5.51. The molecule has 0 aliphatic rings. The molecule has 0 spiro atoms. The molecular weight excluding hydrogens is 450 g/mol. The Kier molecular flexibility index (Phi) is 11.9. The van der Waals surface area contributed by atoms with Crippen molar-refractivity contribution in [3.63, 3.8) is 0 Å². The van der Waals surface area contributed by atoms with Crippen LogP contribution in [0.25, 0.3) is 0 Å². The number of hydrogen-bond donors (Lipinski definition) is 3. The number of benzene rings is 1. The van der Waals surface area contributed by atoms with Crippen molar-refractivity contribution in [2.24, 2.45) is 0 Å².